The lowest BCUT2D eigenvalue weighted by molar-refractivity contribution is 0.431. The molecule has 3 rings (SSSR count). The molecule has 0 amide bonds. The third-order valence-electron chi connectivity index (χ3n) is 3.90. The van der Waals surface area contributed by atoms with Crippen LogP contribution in [-0.4, -0.2) is 42.6 Å². The van der Waals surface area contributed by atoms with Crippen molar-refractivity contribution in [2.24, 2.45) is 7.05 Å². The third-order valence-corrected chi connectivity index (χ3v) is 4.86. The topological polar surface area (TPSA) is 73.5 Å². The highest BCUT2D eigenvalue weighted by Crippen LogP contribution is 2.28. The Balaban J connectivity index is 1.77. The molecule has 0 aliphatic carbocycles. The molecule has 2 aromatic rings. The van der Waals surface area contributed by atoms with Crippen molar-refractivity contribution in [2.75, 3.05) is 13.1 Å². The van der Waals surface area contributed by atoms with Gasteiger partial charge in [0.25, 0.3) is 0 Å². The highest BCUT2D eigenvalue weighted by Gasteiger charge is 2.23. The maximum Gasteiger partial charge on any atom is 0.191 e. The summed E-state index contributed by atoms with van der Waals surface area (Å²) in [7, 11) is 1.95. The van der Waals surface area contributed by atoms with Crippen molar-refractivity contribution in [1.82, 2.24) is 34.8 Å². The Morgan fingerprint density at radius 1 is 1.36 bits per heavy atom. The first-order valence-corrected chi connectivity index (χ1v) is 8.48. The van der Waals surface area contributed by atoms with Gasteiger partial charge >= 0.3 is 0 Å². The van der Waals surface area contributed by atoms with E-state index in [1.165, 1.54) is 0 Å². The molecule has 1 aliphatic rings. The minimum absolute atomic E-state index is 0.484. The monoisotopic (exact) mass is 319 g/mol. The standard InChI is InChI=1S/C14H21N7S/c1-3-8-21-13(11-4-6-15-7-5-11)18-19-14(21)22-9-12-17-16-10-20(12)2/h3,10-11,15H,1,4-9H2,2H3. The Hall–Kier alpha value is -1.67. The predicted molar refractivity (Wildman–Crippen MR) is 85.6 cm³/mol. The number of aromatic nitrogens is 6. The molecule has 0 radical (unpaired) electrons. The van der Waals surface area contributed by atoms with Crippen LogP contribution in [0.3, 0.4) is 0 Å². The van der Waals surface area contributed by atoms with Crippen molar-refractivity contribution in [1.29, 1.82) is 0 Å². The van der Waals surface area contributed by atoms with Crippen molar-refractivity contribution >= 4 is 11.8 Å². The summed E-state index contributed by atoms with van der Waals surface area (Å²) in [5, 5.41) is 21.2. The Morgan fingerprint density at radius 3 is 2.86 bits per heavy atom. The van der Waals surface area contributed by atoms with Gasteiger partial charge in [-0.1, -0.05) is 17.8 Å². The smallest absolute Gasteiger partial charge is 0.191 e. The van der Waals surface area contributed by atoms with E-state index in [1.54, 1.807) is 18.1 Å². The van der Waals surface area contributed by atoms with Crippen LogP contribution >= 0.6 is 11.8 Å². The normalized spacial score (nSPS) is 16.0. The summed E-state index contributed by atoms with van der Waals surface area (Å²) in [6, 6.07) is 0. The van der Waals surface area contributed by atoms with Crippen LogP contribution in [0.25, 0.3) is 0 Å². The summed E-state index contributed by atoms with van der Waals surface area (Å²) >= 11 is 1.65. The van der Waals surface area contributed by atoms with Gasteiger partial charge in [0.15, 0.2) is 5.16 Å². The highest BCUT2D eigenvalue weighted by molar-refractivity contribution is 7.98. The van der Waals surface area contributed by atoms with E-state index in [0.717, 1.165) is 55.0 Å². The summed E-state index contributed by atoms with van der Waals surface area (Å²) in [5.74, 6) is 3.24. The van der Waals surface area contributed by atoms with Gasteiger partial charge in [-0.05, 0) is 25.9 Å². The van der Waals surface area contributed by atoms with E-state index in [2.05, 4.69) is 36.9 Å². The van der Waals surface area contributed by atoms with Gasteiger partial charge in [0.2, 0.25) is 0 Å². The van der Waals surface area contributed by atoms with Crippen LogP contribution in [0.2, 0.25) is 0 Å². The fourth-order valence-corrected chi connectivity index (χ4v) is 3.60. The number of allylic oxidation sites excluding steroid dienone is 1. The Morgan fingerprint density at radius 2 is 2.18 bits per heavy atom. The molecule has 0 saturated carbocycles. The number of nitrogens with one attached hydrogen (secondary N) is 1. The lowest BCUT2D eigenvalue weighted by Crippen LogP contribution is -2.28. The van der Waals surface area contributed by atoms with Gasteiger partial charge in [0, 0.05) is 19.5 Å². The van der Waals surface area contributed by atoms with Crippen LogP contribution in [0.4, 0.5) is 0 Å². The summed E-state index contributed by atoms with van der Waals surface area (Å²) in [4.78, 5) is 0. The largest absolute Gasteiger partial charge is 0.320 e. The van der Waals surface area contributed by atoms with Crippen molar-refractivity contribution in [3.8, 4) is 0 Å². The van der Waals surface area contributed by atoms with E-state index in [0.29, 0.717) is 5.92 Å². The zero-order valence-corrected chi connectivity index (χ0v) is 13.6. The van der Waals surface area contributed by atoms with Gasteiger partial charge in [-0.25, -0.2) is 0 Å². The van der Waals surface area contributed by atoms with Gasteiger partial charge < -0.3 is 14.5 Å². The molecule has 1 aliphatic heterocycles. The van der Waals surface area contributed by atoms with Crippen molar-refractivity contribution in [2.45, 2.75) is 36.2 Å². The number of nitrogens with zero attached hydrogens (tertiary/aromatic N) is 6. The minimum Gasteiger partial charge on any atom is -0.320 e. The Labute approximate surface area is 134 Å². The molecule has 7 nitrogen and oxygen atoms in total. The molecule has 2 aromatic heterocycles. The van der Waals surface area contributed by atoms with Crippen molar-refractivity contribution in [3.05, 3.63) is 30.6 Å². The molecular weight excluding hydrogens is 298 g/mol. The highest BCUT2D eigenvalue weighted by atomic mass is 32.2. The first-order chi connectivity index (χ1) is 10.8. The SMILES string of the molecule is C=CCn1c(SCc2nncn2C)nnc1C1CCNCC1. The van der Waals surface area contributed by atoms with Crippen LogP contribution in [0.1, 0.15) is 30.4 Å². The number of thioether (sulfide) groups is 1. The second-order valence-corrected chi connectivity index (χ2v) is 6.35. The molecule has 0 spiro atoms. The second kappa shape index (κ2) is 7.06. The van der Waals surface area contributed by atoms with E-state index >= 15 is 0 Å². The lowest BCUT2D eigenvalue weighted by Gasteiger charge is -2.22. The third kappa shape index (κ3) is 3.22. The number of piperidine rings is 1. The summed E-state index contributed by atoms with van der Waals surface area (Å²) in [6.45, 7) is 6.70. The fraction of sp³-hybridized carbons (Fsp3) is 0.571. The fourth-order valence-electron chi connectivity index (χ4n) is 2.66. The van der Waals surface area contributed by atoms with Gasteiger partial charge in [0.05, 0.1) is 5.75 Å². The molecule has 8 heteroatoms. The van der Waals surface area contributed by atoms with Gasteiger partial charge in [-0.2, -0.15) is 0 Å². The number of hydrogen-bond acceptors (Lipinski definition) is 6. The van der Waals surface area contributed by atoms with E-state index < -0.39 is 0 Å². The molecule has 0 atom stereocenters. The molecule has 22 heavy (non-hydrogen) atoms. The molecule has 0 aromatic carbocycles. The van der Waals surface area contributed by atoms with E-state index in [1.807, 2.05) is 17.7 Å². The number of rotatable bonds is 6. The van der Waals surface area contributed by atoms with Crippen molar-refractivity contribution in [3.63, 3.8) is 0 Å². The first-order valence-electron chi connectivity index (χ1n) is 7.50. The van der Waals surface area contributed by atoms with Gasteiger partial charge in [-0.3, -0.25) is 0 Å². The average molecular weight is 319 g/mol. The molecule has 1 fully saturated rings. The first kappa shape index (κ1) is 15.2. The summed E-state index contributed by atoms with van der Waals surface area (Å²) < 4.78 is 4.11. The molecule has 118 valence electrons. The van der Waals surface area contributed by atoms with Gasteiger partial charge in [0.1, 0.15) is 18.0 Å². The summed E-state index contributed by atoms with van der Waals surface area (Å²) in [6.07, 6.45) is 5.84. The minimum atomic E-state index is 0.484. The lowest BCUT2D eigenvalue weighted by atomic mass is 9.97. The maximum atomic E-state index is 4.45. The zero-order chi connectivity index (χ0) is 15.4. The average Bonchev–Trinajstić information content (AvgIpc) is 3.13. The van der Waals surface area contributed by atoms with E-state index in [4.69, 9.17) is 0 Å². The summed E-state index contributed by atoms with van der Waals surface area (Å²) in [5.41, 5.74) is 0. The molecule has 0 unspecified atom stereocenters. The van der Waals surface area contributed by atoms with Crippen LogP contribution in [0.15, 0.2) is 24.1 Å². The molecule has 1 saturated heterocycles. The van der Waals surface area contributed by atoms with Crippen LogP contribution < -0.4 is 5.32 Å². The van der Waals surface area contributed by atoms with Crippen LogP contribution in [0, 0.1) is 0 Å². The second-order valence-electron chi connectivity index (χ2n) is 5.41. The van der Waals surface area contributed by atoms with Crippen LogP contribution in [-0.2, 0) is 19.3 Å². The van der Waals surface area contributed by atoms with E-state index in [9.17, 15) is 0 Å². The Bertz CT molecular complexity index is 627. The molecule has 3 heterocycles. The number of aryl methyl sites for hydroxylation is 1. The quantitative estimate of drug-likeness (QED) is 0.640. The van der Waals surface area contributed by atoms with Crippen LogP contribution in [0.5, 0.6) is 0 Å². The van der Waals surface area contributed by atoms with E-state index in [-0.39, 0.29) is 0 Å². The van der Waals surface area contributed by atoms with Gasteiger partial charge in [-0.15, -0.1) is 27.0 Å². The van der Waals surface area contributed by atoms with Crippen molar-refractivity contribution < 1.29 is 0 Å². The number of hydrogen-bond donors (Lipinski definition) is 1. The Kier molecular flexibility index (Phi) is 4.89. The maximum absolute atomic E-state index is 4.45. The molecular formula is C14H21N7S. The zero-order valence-electron chi connectivity index (χ0n) is 12.8. The molecule has 0 bridgehead atoms. The predicted octanol–water partition coefficient (Wildman–Crippen LogP) is 1.35. The molecule has 1 N–H and O–H groups in total.